The van der Waals surface area contributed by atoms with E-state index in [1.807, 2.05) is 17.7 Å². The number of halogens is 1. The van der Waals surface area contributed by atoms with Crippen LogP contribution in [0.15, 0.2) is 18.2 Å². The predicted molar refractivity (Wildman–Crippen MR) is 90.4 cm³/mol. The van der Waals surface area contributed by atoms with Gasteiger partial charge in [-0.25, -0.2) is 9.07 Å². The van der Waals surface area contributed by atoms with Gasteiger partial charge in [-0.15, -0.1) is 0 Å². The first kappa shape index (κ1) is 16.7. The predicted octanol–water partition coefficient (Wildman–Crippen LogP) is 5.22. The van der Waals surface area contributed by atoms with Gasteiger partial charge in [0.2, 0.25) is 0 Å². The van der Waals surface area contributed by atoms with E-state index >= 15 is 0 Å². The van der Waals surface area contributed by atoms with Crippen molar-refractivity contribution >= 4 is 0 Å². The summed E-state index contributed by atoms with van der Waals surface area (Å²) >= 11 is 0. The van der Waals surface area contributed by atoms with E-state index in [1.54, 1.807) is 6.07 Å². The maximum atomic E-state index is 13.4. The molecule has 0 aliphatic rings. The highest BCUT2D eigenvalue weighted by Gasteiger charge is 2.32. The molecule has 2 aromatic rings. The molecule has 0 radical (unpaired) electrons. The monoisotopic (exact) mass is 302 g/mol. The van der Waals surface area contributed by atoms with Gasteiger partial charge in [-0.1, -0.05) is 41.5 Å². The summed E-state index contributed by atoms with van der Waals surface area (Å²) in [5.74, 6) is -0.210. The Balaban J connectivity index is 2.83. The van der Waals surface area contributed by atoms with Crippen molar-refractivity contribution in [3.05, 3.63) is 46.5 Å². The van der Waals surface area contributed by atoms with E-state index in [4.69, 9.17) is 5.10 Å². The summed E-state index contributed by atoms with van der Waals surface area (Å²) in [6.45, 7) is 17.2. The topological polar surface area (TPSA) is 17.8 Å². The van der Waals surface area contributed by atoms with Crippen molar-refractivity contribution in [2.45, 2.75) is 66.2 Å². The second kappa shape index (κ2) is 5.22. The van der Waals surface area contributed by atoms with Crippen LogP contribution in [-0.2, 0) is 10.8 Å². The Morgan fingerprint density at radius 2 is 1.55 bits per heavy atom. The maximum Gasteiger partial charge on any atom is 0.123 e. The number of hydrogen-bond donors (Lipinski definition) is 0. The van der Waals surface area contributed by atoms with Crippen molar-refractivity contribution in [3.63, 3.8) is 0 Å². The quantitative estimate of drug-likeness (QED) is 0.706. The Labute approximate surface area is 133 Å². The lowest BCUT2D eigenvalue weighted by molar-refractivity contribution is 0.505. The molecule has 0 aliphatic carbocycles. The van der Waals surface area contributed by atoms with Crippen LogP contribution in [0, 0.1) is 19.7 Å². The SMILES string of the molecule is Cc1cc(F)ccc1-n1nc(C)c(C(C)(C)C)c1C(C)(C)C. The van der Waals surface area contributed by atoms with Gasteiger partial charge in [-0.05, 0) is 43.0 Å². The number of aryl methyl sites for hydroxylation is 2. The Kier molecular flexibility index (Phi) is 3.97. The molecular weight excluding hydrogens is 275 g/mol. The van der Waals surface area contributed by atoms with E-state index in [0.29, 0.717) is 0 Å². The van der Waals surface area contributed by atoms with E-state index in [1.165, 1.54) is 17.3 Å². The fraction of sp³-hybridized carbons (Fsp3) is 0.526. The third-order valence-corrected chi connectivity index (χ3v) is 3.91. The van der Waals surface area contributed by atoms with Gasteiger partial charge in [0.1, 0.15) is 5.82 Å². The summed E-state index contributed by atoms with van der Waals surface area (Å²) in [6.07, 6.45) is 0. The van der Waals surface area contributed by atoms with E-state index in [9.17, 15) is 4.39 Å². The fourth-order valence-electron chi connectivity index (χ4n) is 3.15. The number of hydrogen-bond acceptors (Lipinski definition) is 1. The molecule has 0 N–H and O–H groups in total. The molecule has 22 heavy (non-hydrogen) atoms. The summed E-state index contributed by atoms with van der Waals surface area (Å²) in [7, 11) is 0. The first-order chi connectivity index (χ1) is 9.93. The molecule has 0 saturated carbocycles. The molecule has 120 valence electrons. The maximum absolute atomic E-state index is 13.4. The van der Waals surface area contributed by atoms with Crippen LogP contribution in [-0.4, -0.2) is 9.78 Å². The molecule has 0 spiro atoms. The first-order valence-corrected chi connectivity index (χ1v) is 7.80. The number of benzene rings is 1. The molecule has 2 nitrogen and oxygen atoms in total. The highest BCUT2D eigenvalue weighted by atomic mass is 19.1. The Morgan fingerprint density at radius 1 is 0.955 bits per heavy atom. The van der Waals surface area contributed by atoms with Crippen LogP contribution in [0.5, 0.6) is 0 Å². The normalized spacial score (nSPS) is 12.8. The molecule has 0 atom stereocenters. The van der Waals surface area contributed by atoms with Crippen molar-refractivity contribution in [1.29, 1.82) is 0 Å². The molecule has 2 rings (SSSR count). The highest BCUT2D eigenvalue weighted by Crippen LogP contribution is 2.37. The minimum atomic E-state index is -0.210. The lowest BCUT2D eigenvalue weighted by Crippen LogP contribution is -2.24. The van der Waals surface area contributed by atoms with Crippen molar-refractivity contribution < 1.29 is 4.39 Å². The van der Waals surface area contributed by atoms with Gasteiger partial charge in [-0.3, -0.25) is 0 Å². The summed E-state index contributed by atoms with van der Waals surface area (Å²) < 4.78 is 15.4. The zero-order valence-electron chi connectivity index (χ0n) is 15.0. The zero-order valence-corrected chi connectivity index (χ0v) is 15.0. The lowest BCUT2D eigenvalue weighted by atomic mass is 9.78. The third kappa shape index (κ3) is 2.94. The van der Waals surface area contributed by atoms with E-state index in [0.717, 1.165) is 16.9 Å². The minimum absolute atomic E-state index is 0.0128. The largest absolute Gasteiger partial charge is 0.236 e. The second-order valence-corrected chi connectivity index (χ2v) is 8.15. The highest BCUT2D eigenvalue weighted by molar-refractivity contribution is 5.47. The van der Waals surface area contributed by atoms with Gasteiger partial charge in [0.25, 0.3) is 0 Å². The summed E-state index contributed by atoms with van der Waals surface area (Å²) in [5.41, 5.74) is 5.33. The average Bonchev–Trinajstić information content (AvgIpc) is 2.65. The molecule has 0 bridgehead atoms. The summed E-state index contributed by atoms with van der Waals surface area (Å²) in [6, 6.07) is 4.89. The van der Waals surface area contributed by atoms with E-state index < -0.39 is 0 Å². The van der Waals surface area contributed by atoms with Crippen LogP contribution < -0.4 is 0 Å². The Hall–Kier alpha value is -1.64. The minimum Gasteiger partial charge on any atom is -0.236 e. The molecule has 0 fully saturated rings. The van der Waals surface area contributed by atoms with Crippen LogP contribution in [0.25, 0.3) is 5.69 Å². The van der Waals surface area contributed by atoms with E-state index in [2.05, 4.69) is 48.5 Å². The van der Waals surface area contributed by atoms with Crippen LogP contribution in [0.3, 0.4) is 0 Å². The zero-order chi connectivity index (χ0) is 16.9. The molecule has 1 aromatic carbocycles. The van der Waals surface area contributed by atoms with Crippen molar-refractivity contribution in [3.8, 4) is 5.69 Å². The lowest BCUT2D eigenvalue weighted by Gasteiger charge is -2.28. The average molecular weight is 302 g/mol. The van der Waals surface area contributed by atoms with Crippen molar-refractivity contribution in [2.24, 2.45) is 0 Å². The molecule has 3 heteroatoms. The van der Waals surface area contributed by atoms with Gasteiger partial charge in [0.05, 0.1) is 17.1 Å². The van der Waals surface area contributed by atoms with Crippen LogP contribution in [0.2, 0.25) is 0 Å². The number of rotatable bonds is 1. The van der Waals surface area contributed by atoms with Crippen LogP contribution >= 0.6 is 0 Å². The van der Waals surface area contributed by atoms with Crippen molar-refractivity contribution in [1.82, 2.24) is 9.78 Å². The molecule has 0 aliphatic heterocycles. The van der Waals surface area contributed by atoms with Crippen LogP contribution in [0.4, 0.5) is 4.39 Å². The summed E-state index contributed by atoms with van der Waals surface area (Å²) in [4.78, 5) is 0. The molecule has 1 heterocycles. The van der Waals surface area contributed by atoms with Crippen LogP contribution in [0.1, 0.15) is 64.1 Å². The van der Waals surface area contributed by atoms with Gasteiger partial charge in [0.15, 0.2) is 0 Å². The van der Waals surface area contributed by atoms with Gasteiger partial charge in [-0.2, -0.15) is 5.10 Å². The molecule has 0 saturated heterocycles. The molecule has 0 amide bonds. The van der Waals surface area contributed by atoms with E-state index in [-0.39, 0.29) is 16.6 Å². The standard InChI is InChI=1S/C19H27FN2/c1-12-11-14(20)9-10-15(12)22-17(19(6,7)8)16(13(2)21-22)18(3,4)5/h9-11H,1-8H3. The number of aromatic nitrogens is 2. The second-order valence-electron chi connectivity index (χ2n) is 8.15. The Morgan fingerprint density at radius 3 is 2.00 bits per heavy atom. The first-order valence-electron chi connectivity index (χ1n) is 7.80. The van der Waals surface area contributed by atoms with Crippen molar-refractivity contribution in [2.75, 3.05) is 0 Å². The van der Waals surface area contributed by atoms with Gasteiger partial charge < -0.3 is 0 Å². The smallest absolute Gasteiger partial charge is 0.123 e. The molecule has 0 unspecified atom stereocenters. The molecule has 1 aromatic heterocycles. The summed E-state index contributed by atoms with van der Waals surface area (Å²) in [5, 5.41) is 4.80. The fourth-order valence-corrected chi connectivity index (χ4v) is 3.15. The number of nitrogens with zero attached hydrogens (tertiary/aromatic N) is 2. The van der Waals surface area contributed by atoms with Gasteiger partial charge >= 0.3 is 0 Å². The molecular formula is C19H27FN2. The third-order valence-electron chi connectivity index (χ3n) is 3.91. The Bertz CT molecular complexity index is 697. The van der Waals surface area contributed by atoms with Gasteiger partial charge in [0, 0.05) is 11.0 Å².